The number of hydrogen-bond acceptors (Lipinski definition) is 13. The SMILES string of the molecule is C.C.C.C.C.C.C.C.CCCCC.CCCOCCOc1ccc(N=Nc2ccc(C#N)cc2)cc1.COC(=O)C(CCCC(CC(CC(C)(Br)C(C)=O)C(C)=O)C(=O)OC)CC(CC(C)(Br)C(C)=O)C(C)=O. The molecule has 0 saturated carbocycles. The van der Waals surface area contributed by atoms with Gasteiger partial charge in [-0.2, -0.15) is 15.5 Å². The van der Waals surface area contributed by atoms with Crippen LogP contribution in [-0.2, 0) is 43.0 Å². The Morgan fingerprint density at radius 1 is 0.562 bits per heavy atom. The minimum Gasteiger partial charge on any atom is -0.491 e. The normalized spacial score (nSPS) is 12.9. The van der Waals surface area contributed by atoms with Gasteiger partial charge in [-0.25, -0.2) is 0 Å². The third-order valence-corrected chi connectivity index (χ3v) is 12.6. The molecule has 0 radical (unpaired) electrons. The third-order valence-electron chi connectivity index (χ3n) is 10.9. The van der Waals surface area contributed by atoms with Gasteiger partial charge >= 0.3 is 11.9 Å². The quantitative estimate of drug-likeness (QED) is 0.0341. The highest BCUT2D eigenvalue weighted by Crippen LogP contribution is 2.35. The number of benzene rings is 2. The van der Waals surface area contributed by atoms with Crippen molar-refractivity contribution in [1.82, 2.24) is 0 Å². The lowest BCUT2D eigenvalue weighted by Gasteiger charge is -2.28. The van der Waals surface area contributed by atoms with Crippen LogP contribution in [0.15, 0.2) is 58.8 Å². The van der Waals surface area contributed by atoms with Gasteiger partial charge in [0.2, 0.25) is 0 Å². The van der Waals surface area contributed by atoms with Crippen molar-refractivity contribution in [2.75, 3.05) is 34.0 Å². The zero-order valence-corrected chi connectivity index (χ0v) is 43.7. The maximum atomic E-state index is 12.5. The summed E-state index contributed by atoms with van der Waals surface area (Å²) >= 11 is 6.80. The largest absolute Gasteiger partial charge is 0.491 e. The van der Waals surface area contributed by atoms with Gasteiger partial charge in [-0.15, -0.1) is 0 Å². The fourth-order valence-corrected chi connectivity index (χ4v) is 7.22. The summed E-state index contributed by atoms with van der Waals surface area (Å²) in [6.45, 7) is 17.6. The number of carbonyl (C=O) groups is 6. The Hall–Kier alpha value is -4.13. The number of halogens is 2. The topological polar surface area (TPSA) is 188 Å². The molecule has 0 aliphatic heterocycles. The molecule has 0 amide bonds. The standard InChI is InChI=1S/C27H42Br2O8.C18H19N3O2.C5H12.8CH4/c1-16(30)22(14-26(5,28)18(3)32)12-20(24(34)36-7)10-9-11-21(25(35)37-8)13-23(17(2)31)15-27(6,29)19(4)33;1-2-11-22-12-13-23-18-9-7-17(8-10-18)21-20-16-5-3-15(14-19)4-6-16;1-3-5-4-2;;;;;;;;/h20-23H,9-15H2,1-8H3;3-10H,2,11-13H2,1H3;3-5H2,1-2H3;8*1H4. The number of methoxy groups -OCH3 is 2. The van der Waals surface area contributed by atoms with Crippen LogP contribution in [0.1, 0.15) is 198 Å². The molecule has 2 aromatic rings. The Labute approximate surface area is 463 Å². The molecule has 73 heavy (non-hydrogen) atoms. The zero-order chi connectivity index (χ0) is 49.6. The number of rotatable bonds is 28. The van der Waals surface area contributed by atoms with E-state index >= 15 is 0 Å². The van der Waals surface area contributed by atoms with Crippen LogP contribution in [0.25, 0.3) is 0 Å². The van der Waals surface area contributed by atoms with Crippen molar-refractivity contribution in [3.63, 3.8) is 0 Å². The van der Waals surface area contributed by atoms with Gasteiger partial charge in [0, 0.05) is 18.4 Å². The number of unbranched alkanes of at least 4 members (excludes halogenated alkanes) is 2. The van der Waals surface area contributed by atoms with Crippen molar-refractivity contribution < 1.29 is 47.7 Å². The maximum absolute atomic E-state index is 12.5. The lowest BCUT2D eigenvalue weighted by Crippen LogP contribution is -2.33. The molecule has 13 nitrogen and oxygen atoms in total. The third kappa shape index (κ3) is 38.1. The molecule has 2 rings (SSSR count). The highest BCUT2D eigenvalue weighted by molar-refractivity contribution is 9.10. The first-order chi connectivity index (χ1) is 30.6. The monoisotopic (exact) mass is 1160 g/mol. The van der Waals surface area contributed by atoms with Crippen LogP contribution < -0.4 is 4.74 Å². The van der Waals surface area contributed by atoms with Crippen molar-refractivity contribution >= 4 is 78.3 Å². The molecule has 0 fully saturated rings. The molecule has 0 spiro atoms. The molecule has 0 aliphatic rings. The molecule has 6 atom stereocenters. The predicted octanol–water partition coefficient (Wildman–Crippen LogP) is 17.3. The van der Waals surface area contributed by atoms with E-state index in [1.165, 1.54) is 61.2 Å². The second-order valence-electron chi connectivity index (χ2n) is 16.5. The van der Waals surface area contributed by atoms with E-state index in [1.54, 1.807) is 38.1 Å². The average Bonchev–Trinajstić information content (AvgIpc) is 3.27. The number of alkyl halides is 2. The van der Waals surface area contributed by atoms with Crippen molar-refractivity contribution in [3.8, 4) is 11.8 Å². The number of esters is 2. The van der Waals surface area contributed by atoms with Crippen LogP contribution in [0, 0.1) is 35.0 Å². The van der Waals surface area contributed by atoms with E-state index < -0.39 is 44.3 Å². The molecule has 426 valence electrons. The molecule has 6 unspecified atom stereocenters. The van der Waals surface area contributed by atoms with Gasteiger partial charge in [-0.1, -0.05) is 138 Å². The molecular formula is C58H105Br2N3O10. The van der Waals surface area contributed by atoms with E-state index in [0.717, 1.165) is 24.5 Å². The summed E-state index contributed by atoms with van der Waals surface area (Å²) in [5.74, 6) is -2.87. The fraction of sp³-hybridized carbons (Fsp3) is 0.672. The van der Waals surface area contributed by atoms with E-state index in [2.05, 4.69) is 68.9 Å². The van der Waals surface area contributed by atoms with Gasteiger partial charge in [-0.05, 0) is 135 Å². The highest BCUT2D eigenvalue weighted by atomic mass is 79.9. The second-order valence-corrected chi connectivity index (χ2v) is 20.0. The highest BCUT2D eigenvalue weighted by Gasteiger charge is 2.37. The number of azo groups is 1. The molecule has 0 aliphatic carbocycles. The van der Waals surface area contributed by atoms with Gasteiger partial charge in [0.05, 0.1) is 64.3 Å². The van der Waals surface area contributed by atoms with E-state index in [0.29, 0.717) is 43.7 Å². The molecular weight excluding hydrogens is 1060 g/mol. The summed E-state index contributed by atoms with van der Waals surface area (Å²) in [4.78, 5) is 73.7. The van der Waals surface area contributed by atoms with Crippen LogP contribution in [0.4, 0.5) is 11.4 Å². The first kappa shape index (κ1) is 88.5. The second kappa shape index (κ2) is 48.8. The number of carbonyl (C=O) groups excluding carboxylic acids is 6. The number of ketones is 4. The van der Waals surface area contributed by atoms with Crippen molar-refractivity contribution in [2.45, 2.75) is 201 Å². The molecule has 2 aromatic carbocycles. The molecule has 0 saturated heterocycles. The number of hydrogen-bond donors (Lipinski definition) is 0. The summed E-state index contributed by atoms with van der Waals surface area (Å²) < 4.78 is 19.1. The molecule has 0 aromatic heterocycles. The van der Waals surface area contributed by atoms with Crippen molar-refractivity contribution in [1.29, 1.82) is 5.26 Å². The van der Waals surface area contributed by atoms with Gasteiger partial charge < -0.3 is 18.9 Å². The number of nitriles is 1. The summed E-state index contributed by atoms with van der Waals surface area (Å²) in [6.07, 6.45) is 7.19. The summed E-state index contributed by atoms with van der Waals surface area (Å²) in [5, 5.41) is 17.0. The average molecular weight is 1160 g/mol. The van der Waals surface area contributed by atoms with Gasteiger partial charge in [-0.3, -0.25) is 28.8 Å². The van der Waals surface area contributed by atoms with Crippen LogP contribution in [0.5, 0.6) is 5.75 Å². The Balaban J connectivity index is -0.000000141. The lowest BCUT2D eigenvalue weighted by molar-refractivity contribution is -0.146. The van der Waals surface area contributed by atoms with Gasteiger partial charge in [0.25, 0.3) is 0 Å². The van der Waals surface area contributed by atoms with E-state index in [4.69, 9.17) is 24.2 Å². The predicted molar refractivity (Wildman–Crippen MR) is 315 cm³/mol. The maximum Gasteiger partial charge on any atom is 0.308 e. The minimum atomic E-state index is -0.883. The Bertz CT molecular complexity index is 1760. The van der Waals surface area contributed by atoms with Crippen molar-refractivity contribution in [2.24, 2.45) is 33.9 Å². The van der Waals surface area contributed by atoms with E-state index in [9.17, 15) is 28.8 Å². The van der Waals surface area contributed by atoms with Gasteiger partial charge in [0.15, 0.2) is 0 Å². The van der Waals surface area contributed by atoms with Crippen LogP contribution in [0.2, 0.25) is 0 Å². The number of nitrogens with zero attached hydrogens (tertiary/aromatic N) is 3. The number of ether oxygens (including phenoxy) is 4. The molecule has 15 heteroatoms. The van der Waals surface area contributed by atoms with Crippen LogP contribution in [0.3, 0.4) is 0 Å². The smallest absolute Gasteiger partial charge is 0.308 e. The summed E-state index contributed by atoms with van der Waals surface area (Å²) in [6, 6.07) is 16.4. The summed E-state index contributed by atoms with van der Waals surface area (Å²) in [5.41, 5.74) is 2.05. The Morgan fingerprint density at radius 2 is 0.932 bits per heavy atom. The van der Waals surface area contributed by atoms with Crippen LogP contribution >= 0.6 is 31.9 Å². The van der Waals surface area contributed by atoms with Gasteiger partial charge in [0.1, 0.15) is 35.5 Å². The van der Waals surface area contributed by atoms with E-state index in [1.807, 2.05) is 24.3 Å². The Morgan fingerprint density at radius 3 is 1.22 bits per heavy atom. The Kier molecular flexibility index (Phi) is 59.2. The lowest BCUT2D eigenvalue weighted by atomic mass is 9.80. The van der Waals surface area contributed by atoms with E-state index in [-0.39, 0.29) is 108 Å². The first-order valence-electron chi connectivity index (χ1n) is 22.4. The molecule has 0 bridgehead atoms. The first-order valence-corrected chi connectivity index (χ1v) is 24.0. The molecule has 0 N–H and O–H groups in total. The fourth-order valence-electron chi connectivity index (χ4n) is 6.44. The zero-order valence-electron chi connectivity index (χ0n) is 40.5. The minimum absolute atomic E-state index is 0. The number of Topliss-reactive ketones (excluding diaryl/α,β-unsaturated/α-hetero) is 4. The van der Waals surface area contributed by atoms with Crippen LogP contribution in [-0.4, -0.2) is 77.8 Å². The summed E-state index contributed by atoms with van der Waals surface area (Å²) in [7, 11) is 2.56. The van der Waals surface area contributed by atoms with Crippen molar-refractivity contribution in [3.05, 3.63) is 54.1 Å². The molecule has 0 heterocycles.